The Labute approximate surface area is 123 Å². The molecule has 5 nitrogen and oxygen atoms in total. The Bertz CT molecular complexity index is 668. The fourth-order valence-electron chi connectivity index (χ4n) is 1.87. The number of pyridine rings is 1. The maximum atomic E-state index is 11.9. The Morgan fingerprint density at radius 2 is 2.05 bits per heavy atom. The number of hydrogen-bond acceptors (Lipinski definition) is 3. The van der Waals surface area contributed by atoms with Crippen molar-refractivity contribution in [2.24, 2.45) is 0 Å². The number of ketones is 1. The maximum absolute atomic E-state index is 11.9. The van der Waals surface area contributed by atoms with Gasteiger partial charge in [-0.2, -0.15) is 0 Å². The Balaban J connectivity index is 1.95. The predicted molar refractivity (Wildman–Crippen MR) is 81.3 cm³/mol. The largest absolute Gasteiger partial charge is 0.334 e. The number of benzene rings is 1. The minimum Gasteiger partial charge on any atom is -0.334 e. The van der Waals surface area contributed by atoms with E-state index in [0.717, 1.165) is 11.1 Å². The van der Waals surface area contributed by atoms with Gasteiger partial charge in [-0.1, -0.05) is 12.1 Å². The van der Waals surface area contributed by atoms with Crippen LogP contribution < -0.4 is 10.6 Å². The summed E-state index contributed by atoms with van der Waals surface area (Å²) in [5.41, 5.74) is 3.19. The zero-order valence-corrected chi connectivity index (χ0v) is 12.0. The molecule has 2 N–H and O–H groups in total. The highest BCUT2D eigenvalue weighted by Crippen LogP contribution is 2.11. The molecule has 0 atom stereocenters. The van der Waals surface area contributed by atoms with E-state index in [4.69, 9.17) is 0 Å². The lowest BCUT2D eigenvalue weighted by Crippen LogP contribution is -2.28. The van der Waals surface area contributed by atoms with Gasteiger partial charge >= 0.3 is 6.03 Å². The number of aryl methyl sites for hydroxylation is 1. The molecular weight excluding hydrogens is 266 g/mol. The lowest BCUT2D eigenvalue weighted by atomic mass is 10.1. The minimum absolute atomic E-state index is 0.0357. The third-order valence-corrected chi connectivity index (χ3v) is 3.10. The Morgan fingerprint density at radius 3 is 2.76 bits per heavy atom. The highest BCUT2D eigenvalue weighted by atomic mass is 16.2. The van der Waals surface area contributed by atoms with Crippen LogP contribution >= 0.6 is 0 Å². The number of aromatic nitrogens is 1. The lowest BCUT2D eigenvalue weighted by molar-refractivity contribution is 0.101. The van der Waals surface area contributed by atoms with Crippen LogP contribution in [-0.4, -0.2) is 16.8 Å². The molecule has 108 valence electrons. The average molecular weight is 283 g/mol. The molecule has 0 aliphatic rings. The van der Waals surface area contributed by atoms with E-state index in [1.807, 2.05) is 13.0 Å². The van der Waals surface area contributed by atoms with Crippen LogP contribution in [0, 0.1) is 6.92 Å². The summed E-state index contributed by atoms with van der Waals surface area (Å²) in [5, 5.41) is 5.48. The summed E-state index contributed by atoms with van der Waals surface area (Å²) >= 11 is 0. The SMILES string of the molecule is CC(=O)c1cccc(NC(=O)NCc2ccncc2C)c1. The second-order valence-corrected chi connectivity index (χ2v) is 4.75. The summed E-state index contributed by atoms with van der Waals surface area (Å²) in [7, 11) is 0. The zero-order valence-electron chi connectivity index (χ0n) is 12.0. The molecule has 0 saturated carbocycles. The number of urea groups is 1. The molecule has 0 bridgehead atoms. The molecule has 1 aromatic heterocycles. The molecule has 2 aromatic rings. The highest BCUT2D eigenvalue weighted by Gasteiger charge is 2.05. The van der Waals surface area contributed by atoms with Gasteiger partial charge < -0.3 is 10.6 Å². The number of carbonyl (C=O) groups excluding carboxylic acids is 2. The summed E-state index contributed by atoms with van der Waals surface area (Å²) in [6, 6.07) is 8.40. The van der Waals surface area contributed by atoms with Crippen molar-refractivity contribution < 1.29 is 9.59 Å². The third-order valence-electron chi connectivity index (χ3n) is 3.10. The van der Waals surface area contributed by atoms with Crippen molar-refractivity contribution in [3.05, 3.63) is 59.4 Å². The van der Waals surface area contributed by atoms with Gasteiger partial charge in [0.05, 0.1) is 0 Å². The Morgan fingerprint density at radius 1 is 1.24 bits per heavy atom. The summed E-state index contributed by atoms with van der Waals surface area (Å²) in [6.07, 6.45) is 3.45. The number of carbonyl (C=O) groups is 2. The van der Waals surface area contributed by atoms with E-state index < -0.39 is 0 Å². The van der Waals surface area contributed by atoms with Gasteiger partial charge in [-0.15, -0.1) is 0 Å². The standard InChI is InChI=1S/C16H17N3O2/c1-11-9-17-7-6-14(11)10-18-16(21)19-15-5-3-4-13(8-15)12(2)20/h3-9H,10H2,1-2H3,(H2,18,19,21). The van der Waals surface area contributed by atoms with Crippen LogP contribution in [0.15, 0.2) is 42.7 Å². The molecule has 2 amide bonds. The number of nitrogens with zero attached hydrogens (tertiary/aromatic N) is 1. The molecule has 0 radical (unpaired) electrons. The van der Waals surface area contributed by atoms with Gasteiger partial charge in [0.15, 0.2) is 5.78 Å². The summed E-state index contributed by atoms with van der Waals surface area (Å²) in [5.74, 6) is -0.0357. The Hall–Kier alpha value is -2.69. The number of anilines is 1. The number of Topliss-reactive ketones (excluding diaryl/α,β-unsaturated/α-hetero) is 1. The maximum Gasteiger partial charge on any atom is 0.319 e. The molecular formula is C16H17N3O2. The molecule has 0 unspecified atom stereocenters. The quantitative estimate of drug-likeness (QED) is 0.847. The second kappa shape index (κ2) is 6.65. The molecule has 1 heterocycles. The third kappa shape index (κ3) is 4.14. The van der Waals surface area contributed by atoms with Crippen molar-refractivity contribution in [2.75, 3.05) is 5.32 Å². The van der Waals surface area contributed by atoms with Gasteiger partial charge in [0, 0.05) is 30.2 Å². The monoisotopic (exact) mass is 283 g/mol. The van der Waals surface area contributed by atoms with E-state index in [1.165, 1.54) is 6.92 Å². The highest BCUT2D eigenvalue weighted by molar-refractivity contribution is 5.96. The van der Waals surface area contributed by atoms with Crippen molar-refractivity contribution in [1.29, 1.82) is 0 Å². The van der Waals surface area contributed by atoms with Crippen molar-refractivity contribution in [3.8, 4) is 0 Å². The van der Waals surface area contributed by atoms with E-state index >= 15 is 0 Å². The van der Waals surface area contributed by atoms with Crippen LogP contribution in [-0.2, 0) is 6.54 Å². The number of hydrogen-bond donors (Lipinski definition) is 2. The molecule has 0 aliphatic heterocycles. The molecule has 1 aromatic carbocycles. The average Bonchev–Trinajstić information content (AvgIpc) is 2.46. The van der Waals surface area contributed by atoms with Crippen molar-refractivity contribution in [2.45, 2.75) is 20.4 Å². The normalized spacial score (nSPS) is 10.0. The van der Waals surface area contributed by atoms with Crippen LogP contribution in [0.4, 0.5) is 10.5 Å². The topological polar surface area (TPSA) is 71.1 Å². The minimum atomic E-state index is -0.313. The molecule has 5 heteroatoms. The summed E-state index contributed by atoms with van der Waals surface area (Å²) in [4.78, 5) is 27.2. The number of nitrogens with one attached hydrogen (secondary N) is 2. The summed E-state index contributed by atoms with van der Waals surface area (Å²) in [6.45, 7) is 3.86. The molecule has 0 aliphatic carbocycles. The first kappa shape index (κ1) is 14.7. The van der Waals surface area contributed by atoms with Crippen molar-refractivity contribution in [3.63, 3.8) is 0 Å². The van der Waals surface area contributed by atoms with Crippen LogP contribution in [0.1, 0.15) is 28.4 Å². The van der Waals surface area contributed by atoms with Gasteiger partial charge in [-0.3, -0.25) is 9.78 Å². The first-order chi connectivity index (χ1) is 10.1. The van der Waals surface area contributed by atoms with Gasteiger partial charge in [0.2, 0.25) is 0 Å². The van der Waals surface area contributed by atoms with E-state index in [-0.39, 0.29) is 11.8 Å². The number of rotatable bonds is 4. The lowest BCUT2D eigenvalue weighted by Gasteiger charge is -2.09. The van der Waals surface area contributed by atoms with Crippen molar-refractivity contribution in [1.82, 2.24) is 10.3 Å². The second-order valence-electron chi connectivity index (χ2n) is 4.75. The molecule has 21 heavy (non-hydrogen) atoms. The fourth-order valence-corrected chi connectivity index (χ4v) is 1.87. The smallest absolute Gasteiger partial charge is 0.319 e. The van der Waals surface area contributed by atoms with Crippen LogP contribution in [0.25, 0.3) is 0 Å². The van der Waals surface area contributed by atoms with Crippen molar-refractivity contribution >= 4 is 17.5 Å². The van der Waals surface area contributed by atoms with Crippen LogP contribution in [0.3, 0.4) is 0 Å². The molecule has 0 spiro atoms. The van der Waals surface area contributed by atoms with E-state index in [1.54, 1.807) is 36.7 Å². The van der Waals surface area contributed by atoms with E-state index in [2.05, 4.69) is 15.6 Å². The molecule has 2 rings (SSSR count). The fraction of sp³-hybridized carbons (Fsp3) is 0.188. The number of amides is 2. The van der Waals surface area contributed by atoms with Gasteiger partial charge in [0.1, 0.15) is 0 Å². The van der Waals surface area contributed by atoms with Gasteiger partial charge in [-0.25, -0.2) is 4.79 Å². The Kier molecular flexibility index (Phi) is 4.66. The van der Waals surface area contributed by atoms with E-state index in [9.17, 15) is 9.59 Å². The predicted octanol–water partition coefficient (Wildman–Crippen LogP) is 2.91. The zero-order chi connectivity index (χ0) is 15.2. The van der Waals surface area contributed by atoms with Gasteiger partial charge in [-0.05, 0) is 43.2 Å². The molecule has 0 fully saturated rings. The summed E-state index contributed by atoms with van der Waals surface area (Å²) < 4.78 is 0. The van der Waals surface area contributed by atoms with Crippen LogP contribution in [0.5, 0.6) is 0 Å². The van der Waals surface area contributed by atoms with Crippen LogP contribution in [0.2, 0.25) is 0 Å². The molecule has 0 saturated heterocycles. The first-order valence-electron chi connectivity index (χ1n) is 6.61. The van der Waals surface area contributed by atoms with E-state index in [0.29, 0.717) is 17.8 Å². The van der Waals surface area contributed by atoms with Gasteiger partial charge in [0.25, 0.3) is 0 Å². The first-order valence-corrected chi connectivity index (χ1v) is 6.61.